The Kier molecular flexibility index (Phi) is 6.54. The summed E-state index contributed by atoms with van der Waals surface area (Å²) in [5.41, 5.74) is -1.33. The van der Waals surface area contributed by atoms with Gasteiger partial charge in [0.25, 0.3) is 11.6 Å². The molecule has 1 fully saturated rings. The predicted octanol–water partition coefficient (Wildman–Crippen LogP) is 1.74. The fourth-order valence-electron chi connectivity index (χ4n) is 3.52. The molecular weight excluding hydrogens is 384 g/mol. The maximum Gasteiger partial charge on any atom is 0.282 e. The first kappa shape index (κ1) is 23.1. The van der Waals surface area contributed by atoms with Gasteiger partial charge in [0.2, 0.25) is 5.91 Å². The van der Waals surface area contributed by atoms with Gasteiger partial charge in [0, 0.05) is 25.4 Å². The zero-order chi connectivity index (χ0) is 21.5. The van der Waals surface area contributed by atoms with Crippen LogP contribution in [0.15, 0.2) is 10.6 Å². The van der Waals surface area contributed by atoms with Crippen molar-refractivity contribution in [3.8, 4) is 0 Å². The Bertz CT molecular complexity index is 700. The lowest BCUT2D eigenvalue weighted by Crippen LogP contribution is -2.57. The molecule has 1 aliphatic rings. The van der Waals surface area contributed by atoms with E-state index in [1.165, 1.54) is 11.0 Å². The Morgan fingerprint density at radius 3 is 2.29 bits per heavy atom. The van der Waals surface area contributed by atoms with Crippen molar-refractivity contribution in [1.82, 2.24) is 9.21 Å². The number of nitrogens with zero attached hydrogens (tertiary/aromatic N) is 3. The molecule has 1 saturated heterocycles. The summed E-state index contributed by atoms with van der Waals surface area (Å²) in [5.74, 6) is 0.0645. The van der Waals surface area contributed by atoms with Crippen LogP contribution in [0, 0.1) is 0 Å². The second-order valence-electron chi connectivity index (χ2n) is 8.62. The number of aromatic nitrogens is 1. The number of amides is 1. The smallest absolute Gasteiger partial charge is 0.282 e. The molecule has 162 valence electrons. The maximum absolute atomic E-state index is 12.9. The van der Waals surface area contributed by atoms with E-state index in [2.05, 4.69) is 5.32 Å². The Hall–Kier alpha value is -1.17. The summed E-state index contributed by atoms with van der Waals surface area (Å²) in [5, 5.41) is 13.0. The lowest BCUT2D eigenvalue weighted by atomic mass is 9.95. The van der Waals surface area contributed by atoms with Gasteiger partial charge in [0.05, 0.1) is 11.6 Å². The van der Waals surface area contributed by atoms with E-state index in [0.29, 0.717) is 18.8 Å². The van der Waals surface area contributed by atoms with Gasteiger partial charge in [-0.15, -0.1) is 10.8 Å². The first-order valence-electron chi connectivity index (χ1n) is 9.40. The highest BCUT2D eigenvalue weighted by molar-refractivity contribution is 8.21. The quantitative estimate of drug-likeness (QED) is 0.520. The summed E-state index contributed by atoms with van der Waals surface area (Å²) in [7, 11) is 0.903. The molecule has 1 aromatic rings. The van der Waals surface area contributed by atoms with Crippen molar-refractivity contribution in [3.63, 3.8) is 0 Å². The van der Waals surface area contributed by atoms with E-state index in [4.69, 9.17) is 4.52 Å². The van der Waals surface area contributed by atoms with Gasteiger partial charge >= 0.3 is 0 Å². The van der Waals surface area contributed by atoms with Crippen LogP contribution in [-0.2, 0) is 17.4 Å². The van der Waals surface area contributed by atoms with Crippen LogP contribution in [0.25, 0.3) is 0 Å². The fraction of sp³-hybridized carbons (Fsp3) is 0.778. The van der Waals surface area contributed by atoms with Crippen LogP contribution in [0.1, 0.15) is 46.2 Å². The third-order valence-corrected chi connectivity index (χ3v) is 6.95. The second kappa shape index (κ2) is 7.92. The number of carbonyl (C=O) groups is 1. The lowest BCUT2D eigenvalue weighted by Gasteiger charge is -2.47. The zero-order valence-electron chi connectivity index (χ0n) is 17.9. The van der Waals surface area contributed by atoms with Crippen molar-refractivity contribution in [3.05, 3.63) is 11.8 Å². The molecule has 0 bridgehead atoms. The highest BCUT2D eigenvalue weighted by Crippen LogP contribution is 2.41. The molecule has 0 unspecified atom stereocenters. The molecule has 1 amide bonds. The number of piperidine rings is 1. The largest absolute Gasteiger partial charge is 0.379 e. The molecule has 4 N–H and O–H groups in total. The number of carbonyl (C=O) groups excluding carboxylic acids is 1. The summed E-state index contributed by atoms with van der Waals surface area (Å²) >= 11 is 0. The monoisotopic (exact) mass is 419 g/mol. The third kappa shape index (κ3) is 5.05. The molecule has 2 heterocycles. The second-order valence-corrected chi connectivity index (χ2v) is 10.7. The van der Waals surface area contributed by atoms with Gasteiger partial charge in [-0.25, -0.2) is 8.83 Å². The molecule has 2 rings (SSSR count). The first-order chi connectivity index (χ1) is 12.6. The molecule has 1 aliphatic heterocycles. The summed E-state index contributed by atoms with van der Waals surface area (Å²) in [6.07, 6.45) is 2.94. The Labute approximate surface area is 168 Å². The topological polar surface area (TPSA) is 113 Å². The standard InChI is InChI=1S/C18H34N4O5S/c1-17(2,20(5)13-8-10-22(11-9-13)28(7,25)26)16(23)19-15-12-14(18(3,4)24)21(6)27-15/h12-13,24-26H,8-11H2,1-7H3/p+1. The highest BCUT2D eigenvalue weighted by atomic mass is 32.3. The van der Waals surface area contributed by atoms with E-state index in [1.807, 2.05) is 25.8 Å². The number of likely N-dealkylation sites (N-methyl/N-ethyl adjacent to an activating group) is 1. The highest BCUT2D eigenvalue weighted by Gasteiger charge is 2.40. The van der Waals surface area contributed by atoms with Gasteiger partial charge in [0.1, 0.15) is 5.60 Å². The number of aryl methyl sites for hydroxylation is 1. The van der Waals surface area contributed by atoms with Gasteiger partial charge in [-0.2, -0.15) is 0 Å². The van der Waals surface area contributed by atoms with Gasteiger partial charge in [-0.3, -0.25) is 24.1 Å². The number of hydrogen-bond acceptors (Lipinski definition) is 7. The average molecular weight is 420 g/mol. The van der Waals surface area contributed by atoms with Gasteiger partial charge in [-0.1, -0.05) is 0 Å². The zero-order valence-corrected chi connectivity index (χ0v) is 18.7. The number of hydrogen-bond donors (Lipinski definition) is 4. The summed E-state index contributed by atoms with van der Waals surface area (Å²) in [4.78, 5) is 15.0. The molecule has 0 aliphatic carbocycles. The normalized spacial score (nSPS) is 18.5. The van der Waals surface area contributed by atoms with Gasteiger partial charge < -0.3 is 5.11 Å². The minimum Gasteiger partial charge on any atom is -0.379 e. The molecule has 0 saturated carbocycles. The first-order valence-corrected chi connectivity index (χ1v) is 11.3. The Morgan fingerprint density at radius 2 is 1.86 bits per heavy atom. The van der Waals surface area contributed by atoms with Crippen LogP contribution in [-0.4, -0.2) is 67.3 Å². The van der Waals surface area contributed by atoms with Crippen molar-refractivity contribution >= 4 is 22.6 Å². The van der Waals surface area contributed by atoms with E-state index in [1.54, 1.807) is 31.3 Å². The van der Waals surface area contributed by atoms with Crippen LogP contribution >= 0.6 is 10.8 Å². The molecular formula is C18H35N4O5S+. The summed E-state index contributed by atoms with van der Waals surface area (Å²) in [6.45, 7) is 8.16. The van der Waals surface area contributed by atoms with E-state index in [-0.39, 0.29) is 17.8 Å². The maximum atomic E-state index is 12.9. The fourth-order valence-corrected chi connectivity index (χ4v) is 4.42. The van der Waals surface area contributed by atoms with E-state index >= 15 is 0 Å². The lowest BCUT2D eigenvalue weighted by molar-refractivity contribution is -0.852. The Balaban J connectivity index is 2.04. The summed E-state index contributed by atoms with van der Waals surface area (Å²) < 4.78 is 28.3. The molecule has 9 nitrogen and oxygen atoms in total. The molecule has 28 heavy (non-hydrogen) atoms. The molecule has 0 spiro atoms. The van der Waals surface area contributed by atoms with Crippen LogP contribution < -0.4 is 10.1 Å². The van der Waals surface area contributed by atoms with E-state index in [9.17, 15) is 19.0 Å². The van der Waals surface area contributed by atoms with Crippen LogP contribution in [0.3, 0.4) is 0 Å². The third-order valence-electron chi connectivity index (χ3n) is 5.60. The minimum atomic E-state index is -2.68. The SMILES string of the molecule is CN(C1CCN(S(C)(O)O)CC1)C(C)(C)C(=O)Nc1cc(C(C)(C)O)[n+](C)o1. The van der Waals surface area contributed by atoms with Gasteiger partial charge in [0.15, 0.2) is 7.05 Å². The van der Waals surface area contributed by atoms with Gasteiger partial charge in [-0.05, 0) is 52.3 Å². The number of aliphatic hydroxyl groups is 1. The van der Waals surface area contributed by atoms with Crippen molar-refractivity contribution in [2.45, 2.75) is 57.7 Å². The van der Waals surface area contributed by atoms with Crippen LogP contribution in [0.4, 0.5) is 5.88 Å². The van der Waals surface area contributed by atoms with Crippen molar-refractivity contribution in [2.24, 2.45) is 7.05 Å². The number of anilines is 1. The molecule has 0 aromatic carbocycles. The van der Waals surface area contributed by atoms with E-state index < -0.39 is 21.9 Å². The predicted molar refractivity (Wildman–Crippen MR) is 109 cm³/mol. The van der Waals surface area contributed by atoms with Crippen LogP contribution in [0.5, 0.6) is 0 Å². The average Bonchev–Trinajstić information content (AvgIpc) is 2.94. The van der Waals surface area contributed by atoms with Crippen LogP contribution in [0.2, 0.25) is 0 Å². The number of rotatable bonds is 6. The molecule has 0 radical (unpaired) electrons. The van der Waals surface area contributed by atoms with Crippen molar-refractivity contribution in [2.75, 3.05) is 31.7 Å². The molecule has 1 aromatic heterocycles. The molecule has 0 atom stereocenters. The minimum absolute atomic E-state index is 0.151. The number of nitrogens with one attached hydrogen (secondary N) is 1. The summed E-state index contributed by atoms with van der Waals surface area (Å²) in [6, 6.07) is 1.77. The van der Waals surface area contributed by atoms with Crippen molar-refractivity contribution < 1.29 is 28.3 Å². The van der Waals surface area contributed by atoms with E-state index in [0.717, 1.165) is 12.8 Å². The van der Waals surface area contributed by atoms with Crippen molar-refractivity contribution in [1.29, 1.82) is 0 Å². The Morgan fingerprint density at radius 1 is 1.32 bits per heavy atom. The molecule has 10 heteroatoms.